The maximum absolute atomic E-state index is 5.38. The third-order valence-corrected chi connectivity index (χ3v) is 1.95. The zero-order valence-corrected chi connectivity index (χ0v) is 7.29. The SMILES string of the molecule is Cn1cc(I)c(CN)n1. The number of hydrogen-bond donors (Lipinski definition) is 1. The number of aromatic nitrogens is 2. The third kappa shape index (κ3) is 1.42. The summed E-state index contributed by atoms with van der Waals surface area (Å²) in [5.41, 5.74) is 6.35. The Morgan fingerprint density at radius 3 is 2.78 bits per heavy atom. The molecule has 0 unspecified atom stereocenters. The van der Waals surface area contributed by atoms with Gasteiger partial charge in [-0.1, -0.05) is 0 Å². The molecule has 0 aliphatic heterocycles. The molecule has 1 aromatic heterocycles. The van der Waals surface area contributed by atoms with Gasteiger partial charge in [0.15, 0.2) is 0 Å². The molecule has 0 radical (unpaired) electrons. The highest BCUT2D eigenvalue weighted by Gasteiger charge is 1.99. The lowest BCUT2D eigenvalue weighted by atomic mass is 10.4. The highest BCUT2D eigenvalue weighted by atomic mass is 127. The summed E-state index contributed by atoms with van der Waals surface area (Å²) in [5, 5.41) is 4.11. The topological polar surface area (TPSA) is 43.8 Å². The van der Waals surface area contributed by atoms with Crippen molar-refractivity contribution in [1.29, 1.82) is 0 Å². The van der Waals surface area contributed by atoms with Crippen LogP contribution in [0.2, 0.25) is 0 Å². The first-order chi connectivity index (χ1) is 4.24. The smallest absolute Gasteiger partial charge is 0.0893 e. The monoisotopic (exact) mass is 237 g/mol. The number of aryl methyl sites for hydroxylation is 1. The molecular formula is C5H8IN3. The molecule has 0 aromatic carbocycles. The minimum absolute atomic E-state index is 0.527. The van der Waals surface area contributed by atoms with E-state index in [2.05, 4.69) is 27.7 Å². The van der Waals surface area contributed by atoms with Crippen LogP contribution in [0.4, 0.5) is 0 Å². The summed E-state index contributed by atoms with van der Waals surface area (Å²) < 4.78 is 2.90. The molecule has 0 aliphatic carbocycles. The van der Waals surface area contributed by atoms with E-state index in [0.717, 1.165) is 9.26 Å². The number of rotatable bonds is 1. The van der Waals surface area contributed by atoms with Crippen molar-refractivity contribution in [2.24, 2.45) is 12.8 Å². The van der Waals surface area contributed by atoms with E-state index >= 15 is 0 Å². The van der Waals surface area contributed by atoms with Crippen LogP contribution in [0.1, 0.15) is 5.69 Å². The van der Waals surface area contributed by atoms with Gasteiger partial charge in [-0.2, -0.15) is 5.10 Å². The number of nitrogens with two attached hydrogens (primary N) is 1. The van der Waals surface area contributed by atoms with Crippen molar-refractivity contribution in [2.45, 2.75) is 6.54 Å². The van der Waals surface area contributed by atoms with Crippen molar-refractivity contribution in [1.82, 2.24) is 9.78 Å². The molecule has 0 atom stereocenters. The van der Waals surface area contributed by atoms with Crippen LogP contribution in [0.15, 0.2) is 6.20 Å². The predicted octanol–water partition coefficient (Wildman–Crippen LogP) is 0.483. The van der Waals surface area contributed by atoms with Crippen molar-refractivity contribution >= 4 is 22.6 Å². The van der Waals surface area contributed by atoms with E-state index in [4.69, 9.17) is 5.73 Å². The van der Waals surface area contributed by atoms with Crippen molar-refractivity contribution in [3.63, 3.8) is 0 Å². The van der Waals surface area contributed by atoms with E-state index < -0.39 is 0 Å². The van der Waals surface area contributed by atoms with E-state index in [1.807, 2.05) is 13.2 Å². The van der Waals surface area contributed by atoms with E-state index in [1.54, 1.807) is 4.68 Å². The van der Waals surface area contributed by atoms with Gasteiger partial charge in [-0.3, -0.25) is 4.68 Å². The van der Waals surface area contributed by atoms with E-state index in [9.17, 15) is 0 Å². The summed E-state index contributed by atoms with van der Waals surface area (Å²) in [5.74, 6) is 0. The fraction of sp³-hybridized carbons (Fsp3) is 0.400. The molecule has 3 nitrogen and oxygen atoms in total. The van der Waals surface area contributed by atoms with Crippen molar-refractivity contribution in [3.05, 3.63) is 15.5 Å². The second kappa shape index (κ2) is 2.66. The average Bonchev–Trinajstić information content (AvgIpc) is 2.10. The van der Waals surface area contributed by atoms with Crippen molar-refractivity contribution in [3.8, 4) is 0 Å². The van der Waals surface area contributed by atoms with Crippen LogP contribution in [0, 0.1) is 3.57 Å². The minimum atomic E-state index is 0.527. The Bertz CT molecular complexity index is 206. The Morgan fingerprint density at radius 1 is 1.89 bits per heavy atom. The Balaban J connectivity index is 3.01. The second-order valence-corrected chi connectivity index (χ2v) is 2.96. The zero-order valence-electron chi connectivity index (χ0n) is 5.13. The molecule has 1 aromatic rings. The van der Waals surface area contributed by atoms with Gasteiger partial charge < -0.3 is 5.73 Å². The van der Waals surface area contributed by atoms with Gasteiger partial charge in [0.1, 0.15) is 0 Å². The average molecular weight is 237 g/mol. The van der Waals surface area contributed by atoms with Crippen molar-refractivity contribution in [2.75, 3.05) is 0 Å². The summed E-state index contributed by atoms with van der Waals surface area (Å²) in [6.07, 6.45) is 1.95. The van der Waals surface area contributed by atoms with Crippen LogP contribution in [0.3, 0.4) is 0 Å². The lowest BCUT2D eigenvalue weighted by Crippen LogP contribution is -1.99. The lowest BCUT2D eigenvalue weighted by Gasteiger charge is -1.85. The normalized spacial score (nSPS) is 10.1. The molecule has 0 saturated carbocycles. The van der Waals surface area contributed by atoms with E-state index in [-0.39, 0.29) is 0 Å². The molecule has 2 N–H and O–H groups in total. The van der Waals surface area contributed by atoms with Crippen LogP contribution in [-0.4, -0.2) is 9.78 Å². The number of hydrogen-bond acceptors (Lipinski definition) is 2. The highest BCUT2D eigenvalue weighted by molar-refractivity contribution is 14.1. The standard InChI is InChI=1S/C5H8IN3/c1-9-3-4(6)5(2-7)8-9/h3H,2,7H2,1H3. The fourth-order valence-corrected chi connectivity index (χ4v) is 1.38. The first kappa shape index (κ1) is 7.01. The van der Waals surface area contributed by atoms with Crippen molar-refractivity contribution < 1.29 is 0 Å². The van der Waals surface area contributed by atoms with Crippen LogP contribution in [-0.2, 0) is 13.6 Å². The molecule has 0 aliphatic rings. The van der Waals surface area contributed by atoms with Gasteiger partial charge in [0.2, 0.25) is 0 Å². The summed E-state index contributed by atoms with van der Waals surface area (Å²) >= 11 is 2.22. The van der Waals surface area contributed by atoms with Gasteiger partial charge in [-0.05, 0) is 22.6 Å². The molecule has 0 amide bonds. The van der Waals surface area contributed by atoms with E-state index in [1.165, 1.54) is 0 Å². The largest absolute Gasteiger partial charge is 0.325 e. The van der Waals surface area contributed by atoms with Gasteiger partial charge in [-0.25, -0.2) is 0 Å². The molecule has 1 rings (SSSR count). The molecule has 0 bridgehead atoms. The maximum Gasteiger partial charge on any atom is 0.0893 e. The summed E-state index contributed by atoms with van der Waals surface area (Å²) in [7, 11) is 1.89. The second-order valence-electron chi connectivity index (χ2n) is 1.80. The molecule has 0 fully saturated rings. The number of halogens is 1. The number of nitrogens with zero attached hydrogens (tertiary/aromatic N) is 2. The van der Waals surface area contributed by atoms with Crippen LogP contribution < -0.4 is 5.73 Å². The predicted molar refractivity (Wildman–Crippen MR) is 43.8 cm³/mol. The highest BCUT2D eigenvalue weighted by Crippen LogP contribution is 2.07. The molecule has 0 spiro atoms. The summed E-state index contributed by atoms with van der Waals surface area (Å²) in [4.78, 5) is 0. The Kier molecular flexibility index (Phi) is 2.07. The quantitative estimate of drug-likeness (QED) is 0.722. The molecule has 50 valence electrons. The molecular weight excluding hydrogens is 229 g/mol. The molecule has 0 saturated heterocycles. The zero-order chi connectivity index (χ0) is 6.85. The van der Waals surface area contributed by atoms with Gasteiger partial charge in [0.25, 0.3) is 0 Å². The van der Waals surface area contributed by atoms with Gasteiger partial charge in [-0.15, -0.1) is 0 Å². The Hall–Kier alpha value is -0.100. The molecule has 4 heteroatoms. The minimum Gasteiger partial charge on any atom is -0.325 e. The van der Waals surface area contributed by atoms with Crippen LogP contribution >= 0.6 is 22.6 Å². The fourth-order valence-electron chi connectivity index (χ4n) is 0.644. The van der Waals surface area contributed by atoms with Gasteiger partial charge in [0.05, 0.1) is 9.26 Å². The Morgan fingerprint density at radius 2 is 2.56 bits per heavy atom. The molecule has 9 heavy (non-hydrogen) atoms. The Labute approximate surface area is 67.4 Å². The summed E-state index contributed by atoms with van der Waals surface area (Å²) in [6.45, 7) is 0.527. The maximum atomic E-state index is 5.38. The first-order valence-electron chi connectivity index (χ1n) is 2.62. The third-order valence-electron chi connectivity index (χ3n) is 1.05. The van der Waals surface area contributed by atoms with E-state index in [0.29, 0.717) is 6.54 Å². The first-order valence-corrected chi connectivity index (χ1v) is 3.70. The summed E-state index contributed by atoms with van der Waals surface area (Å²) in [6, 6.07) is 0. The van der Waals surface area contributed by atoms with Gasteiger partial charge in [0, 0.05) is 19.8 Å². The lowest BCUT2D eigenvalue weighted by molar-refractivity contribution is 0.742. The van der Waals surface area contributed by atoms with Gasteiger partial charge >= 0.3 is 0 Å². The molecule has 1 heterocycles. The van der Waals surface area contributed by atoms with Crippen LogP contribution in [0.5, 0.6) is 0 Å². The van der Waals surface area contributed by atoms with Crippen LogP contribution in [0.25, 0.3) is 0 Å².